The van der Waals surface area contributed by atoms with E-state index in [1.807, 2.05) is 13.8 Å². The van der Waals surface area contributed by atoms with E-state index in [0.29, 0.717) is 5.92 Å². The highest BCUT2D eigenvalue weighted by molar-refractivity contribution is 4.85. The maximum atomic E-state index is 9.62. The van der Waals surface area contributed by atoms with Crippen LogP contribution in [0, 0.1) is 5.92 Å². The molecule has 0 aromatic carbocycles. The summed E-state index contributed by atoms with van der Waals surface area (Å²) in [5, 5.41) is 9.62. The summed E-state index contributed by atoms with van der Waals surface area (Å²) in [5.74, 6) is 0.336. The molecule has 0 radical (unpaired) electrons. The Labute approximate surface area is 69.6 Å². The van der Waals surface area contributed by atoms with Gasteiger partial charge in [-0.1, -0.05) is 20.8 Å². The Morgan fingerprint density at radius 1 is 1.45 bits per heavy atom. The second-order valence-electron chi connectivity index (χ2n) is 3.47. The van der Waals surface area contributed by atoms with Crippen molar-refractivity contribution < 1.29 is 9.84 Å². The molecule has 2 heteroatoms. The van der Waals surface area contributed by atoms with E-state index in [4.69, 9.17) is 4.74 Å². The minimum Gasteiger partial charge on any atom is -0.390 e. The van der Waals surface area contributed by atoms with E-state index in [9.17, 15) is 5.11 Å². The number of methoxy groups -OCH3 is 1. The second kappa shape index (κ2) is 4.07. The van der Waals surface area contributed by atoms with Crippen molar-refractivity contribution in [3.63, 3.8) is 0 Å². The molecule has 2 atom stereocenters. The lowest BCUT2D eigenvalue weighted by Gasteiger charge is -2.36. The largest absolute Gasteiger partial charge is 0.390 e. The number of aliphatic hydroxyl groups excluding tert-OH is 1. The van der Waals surface area contributed by atoms with Gasteiger partial charge in [-0.2, -0.15) is 0 Å². The molecular weight excluding hydrogens is 140 g/mol. The molecule has 0 rings (SSSR count). The van der Waals surface area contributed by atoms with Crippen LogP contribution in [0.15, 0.2) is 0 Å². The summed E-state index contributed by atoms with van der Waals surface area (Å²) in [5.41, 5.74) is -0.394. The van der Waals surface area contributed by atoms with Crippen LogP contribution in [0.3, 0.4) is 0 Å². The third kappa shape index (κ3) is 2.17. The zero-order valence-corrected chi connectivity index (χ0v) is 8.22. The lowest BCUT2D eigenvalue weighted by atomic mass is 9.85. The van der Waals surface area contributed by atoms with Gasteiger partial charge in [0, 0.05) is 7.11 Å². The molecule has 0 aliphatic rings. The Bertz CT molecular complexity index is 112. The topological polar surface area (TPSA) is 29.5 Å². The van der Waals surface area contributed by atoms with Crippen LogP contribution in [0.1, 0.15) is 34.1 Å². The van der Waals surface area contributed by atoms with Crippen LogP contribution in [0.2, 0.25) is 0 Å². The van der Waals surface area contributed by atoms with Crippen molar-refractivity contribution in [1.82, 2.24) is 0 Å². The number of hydrogen-bond acceptors (Lipinski definition) is 2. The maximum absolute atomic E-state index is 9.62. The van der Waals surface area contributed by atoms with Gasteiger partial charge >= 0.3 is 0 Å². The molecule has 1 N–H and O–H groups in total. The van der Waals surface area contributed by atoms with Crippen LogP contribution in [0.4, 0.5) is 0 Å². The van der Waals surface area contributed by atoms with Crippen molar-refractivity contribution in [2.75, 3.05) is 7.11 Å². The lowest BCUT2D eigenvalue weighted by molar-refractivity contribution is -0.119. The summed E-state index contributed by atoms with van der Waals surface area (Å²) in [6.07, 6.45) is 0.371. The van der Waals surface area contributed by atoms with E-state index < -0.39 is 5.60 Å². The first kappa shape index (κ1) is 10.9. The van der Waals surface area contributed by atoms with Gasteiger partial charge in [0.2, 0.25) is 0 Å². The monoisotopic (exact) mass is 160 g/mol. The zero-order valence-electron chi connectivity index (χ0n) is 8.22. The van der Waals surface area contributed by atoms with Crippen molar-refractivity contribution in [2.24, 2.45) is 5.92 Å². The molecule has 0 aromatic heterocycles. The SMILES string of the molecule is CC[C@@H](O)[C@](C)(OC)C(C)C. The highest BCUT2D eigenvalue weighted by Gasteiger charge is 2.34. The Morgan fingerprint density at radius 3 is 2.00 bits per heavy atom. The first-order chi connectivity index (χ1) is 4.99. The summed E-state index contributed by atoms with van der Waals surface area (Å²) in [6, 6.07) is 0. The maximum Gasteiger partial charge on any atom is 0.0930 e. The third-order valence-corrected chi connectivity index (χ3v) is 2.63. The molecular formula is C9H20O2. The van der Waals surface area contributed by atoms with Crippen molar-refractivity contribution in [3.05, 3.63) is 0 Å². The second-order valence-corrected chi connectivity index (χ2v) is 3.47. The molecule has 0 bridgehead atoms. The van der Waals surface area contributed by atoms with Gasteiger partial charge in [-0.05, 0) is 19.3 Å². The standard InChI is InChI=1S/C9H20O2/c1-6-8(10)9(4,11-5)7(2)3/h7-8,10H,6H2,1-5H3/t8-,9-/m1/s1. The molecule has 0 aromatic rings. The van der Waals surface area contributed by atoms with Gasteiger partial charge in [-0.15, -0.1) is 0 Å². The molecule has 0 spiro atoms. The first-order valence-corrected chi connectivity index (χ1v) is 4.22. The minimum atomic E-state index is -0.394. The summed E-state index contributed by atoms with van der Waals surface area (Å²) in [4.78, 5) is 0. The quantitative estimate of drug-likeness (QED) is 0.679. The average molecular weight is 160 g/mol. The molecule has 0 aliphatic carbocycles. The number of aliphatic hydroxyl groups is 1. The number of ether oxygens (including phenoxy) is 1. The van der Waals surface area contributed by atoms with Crippen molar-refractivity contribution in [2.45, 2.75) is 45.8 Å². The molecule has 0 saturated heterocycles. The highest BCUT2D eigenvalue weighted by atomic mass is 16.5. The van der Waals surface area contributed by atoms with Gasteiger partial charge in [0.05, 0.1) is 11.7 Å². The fraction of sp³-hybridized carbons (Fsp3) is 1.00. The minimum absolute atomic E-state index is 0.336. The molecule has 11 heavy (non-hydrogen) atoms. The summed E-state index contributed by atoms with van der Waals surface area (Å²) in [7, 11) is 1.65. The predicted molar refractivity (Wildman–Crippen MR) is 46.5 cm³/mol. The number of hydrogen-bond donors (Lipinski definition) is 1. The first-order valence-electron chi connectivity index (χ1n) is 4.22. The van der Waals surface area contributed by atoms with E-state index >= 15 is 0 Å². The van der Waals surface area contributed by atoms with Crippen LogP contribution in [0.5, 0.6) is 0 Å². The van der Waals surface area contributed by atoms with Gasteiger partial charge < -0.3 is 9.84 Å². The number of rotatable bonds is 4. The van der Waals surface area contributed by atoms with Gasteiger partial charge in [-0.3, -0.25) is 0 Å². The van der Waals surface area contributed by atoms with Gasteiger partial charge in [0.25, 0.3) is 0 Å². The summed E-state index contributed by atoms with van der Waals surface area (Å²) in [6.45, 7) is 8.03. The van der Waals surface area contributed by atoms with Crippen LogP contribution in [-0.4, -0.2) is 23.9 Å². The molecule has 0 saturated carbocycles. The fourth-order valence-corrected chi connectivity index (χ4v) is 1.16. The molecule has 2 nitrogen and oxygen atoms in total. The Kier molecular flexibility index (Phi) is 4.04. The summed E-state index contributed by atoms with van der Waals surface area (Å²) >= 11 is 0. The highest BCUT2D eigenvalue weighted by Crippen LogP contribution is 2.26. The smallest absolute Gasteiger partial charge is 0.0930 e. The molecule has 68 valence electrons. The molecule has 0 amide bonds. The van der Waals surface area contributed by atoms with Gasteiger partial charge in [-0.25, -0.2) is 0 Å². The Morgan fingerprint density at radius 2 is 1.91 bits per heavy atom. The lowest BCUT2D eigenvalue weighted by Crippen LogP contribution is -2.45. The average Bonchev–Trinajstić information content (AvgIpc) is 2.01. The Balaban J connectivity index is 4.32. The van der Waals surface area contributed by atoms with Crippen molar-refractivity contribution in [3.8, 4) is 0 Å². The van der Waals surface area contributed by atoms with Gasteiger partial charge in [0.1, 0.15) is 0 Å². The van der Waals surface area contributed by atoms with E-state index in [1.54, 1.807) is 7.11 Å². The van der Waals surface area contributed by atoms with E-state index in [1.165, 1.54) is 0 Å². The van der Waals surface area contributed by atoms with Gasteiger partial charge in [0.15, 0.2) is 0 Å². The van der Waals surface area contributed by atoms with E-state index in [0.717, 1.165) is 6.42 Å². The van der Waals surface area contributed by atoms with Crippen molar-refractivity contribution in [1.29, 1.82) is 0 Å². The van der Waals surface area contributed by atoms with Crippen molar-refractivity contribution >= 4 is 0 Å². The van der Waals surface area contributed by atoms with E-state index in [2.05, 4.69) is 13.8 Å². The Hall–Kier alpha value is -0.0800. The van der Waals surface area contributed by atoms with E-state index in [-0.39, 0.29) is 6.10 Å². The summed E-state index contributed by atoms with van der Waals surface area (Å²) < 4.78 is 5.30. The van der Waals surface area contributed by atoms with Crippen LogP contribution in [-0.2, 0) is 4.74 Å². The predicted octanol–water partition coefficient (Wildman–Crippen LogP) is 1.82. The van der Waals surface area contributed by atoms with Crippen LogP contribution >= 0.6 is 0 Å². The molecule has 0 aliphatic heterocycles. The molecule has 0 heterocycles. The molecule has 0 fully saturated rings. The molecule has 0 unspecified atom stereocenters. The normalized spacial score (nSPS) is 19.9. The zero-order chi connectivity index (χ0) is 9.07. The van der Waals surface area contributed by atoms with Crippen LogP contribution in [0.25, 0.3) is 0 Å². The fourth-order valence-electron chi connectivity index (χ4n) is 1.16. The third-order valence-electron chi connectivity index (χ3n) is 2.63. The van der Waals surface area contributed by atoms with Crippen LogP contribution < -0.4 is 0 Å².